The number of rotatable bonds is 10. The highest BCUT2D eigenvalue weighted by Gasteiger charge is 1.94. The molecule has 0 fully saturated rings. The van der Waals surface area contributed by atoms with Crippen LogP contribution in [0.25, 0.3) is 0 Å². The normalized spacial score (nSPS) is 11.4. The first-order valence-corrected chi connectivity index (χ1v) is 5.22. The lowest BCUT2D eigenvalue weighted by molar-refractivity contribution is -0.136. The minimum atomic E-state index is -0.783. The van der Waals surface area contributed by atoms with Crippen LogP contribution >= 0.6 is 0 Å². The lowest BCUT2D eigenvalue weighted by Gasteiger charge is -2.04. The molecule has 0 radical (unpaired) electrons. The van der Waals surface area contributed by atoms with E-state index in [1.165, 1.54) is 6.08 Å². The monoisotopic (exact) mass is 228 g/mol. The molecule has 0 spiro atoms. The van der Waals surface area contributed by atoms with Gasteiger partial charge in [-0.15, -0.1) is 0 Å². The third-order valence-corrected chi connectivity index (χ3v) is 1.79. The summed E-state index contributed by atoms with van der Waals surface area (Å²) in [5.74, 6) is -0.337. The van der Waals surface area contributed by atoms with Crippen molar-refractivity contribution in [2.75, 3.05) is 32.7 Å². The Kier molecular flexibility index (Phi) is 9.24. The van der Waals surface area contributed by atoms with Crippen molar-refractivity contribution < 1.29 is 9.90 Å². The van der Waals surface area contributed by atoms with Crippen molar-refractivity contribution in [2.45, 2.75) is 6.42 Å². The Labute approximate surface area is 95.6 Å². The number of aliphatic imine (C=N–C) groups is 1. The van der Waals surface area contributed by atoms with Gasteiger partial charge in [0.25, 0.3) is 0 Å². The van der Waals surface area contributed by atoms with Crippen LogP contribution < -0.4 is 16.4 Å². The zero-order chi connectivity index (χ0) is 12.2. The van der Waals surface area contributed by atoms with Gasteiger partial charge in [-0.1, -0.05) is 6.58 Å². The van der Waals surface area contributed by atoms with E-state index in [9.17, 15) is 4.79 Å². The number of hydrogen-bond acceptors (Lipinski definition) is 4. The molecule has 0 saturated heterocycles. The first kappa shape index (κ1) is 14.6. The number of carboxylic acids is 1. The summed E-state index contributed by atoms with van der Waals surface area (Å²) in [5.41, 5.74) is 5.42. The summed E-state index contributed by atoms with van der Waals surface area (Å²) in [6.07, 6.45) is 1.66. The van der Waals surface area contributed by atoms with Gasteiger partial charge in [0.15, 0.2) is 0 Å². The summed E-state index contributed by atoms with van der Waals surface area (Å²) < 4.78 is 0. The number of nitrogens with two attached hydrogens (primary N) is 1. The molecule has 6 heteroatoms. The molecule has 0 aromatic heterocycles. The van der Waals surface area contributed by atoms with Gasteiger partial charge in [-0.2, -0.15) is 0 Å². The lowest BCUT2D eigenvalue weighted by Crippen LogP contribution is -2.30. The Morgan fingerprint density at radius 3 is 2.50 bits per heavy atom. The second kappa shape index (κ2) is 10.1. The molecule has 5 N–H and O–H groups in total. The molecular weight excluding hydrogens is 208 g/mol. The summed E-state index contributed by atoms with van der Waals surface area (Å²) in [7, 11) is 0. The molecular formula is C10H20N4O2. The van der Waals surface area contributed by atoms with E-state index in [0.717, 1.165) is 19.6 Å². The summed E-state index contributed by atoms with van der Waals surface area (Å²) in [5, 5.41) is 14.5. The Morgan fingerprint density at radius 2 is 1.94 bits per heavy atom. The standard InChI is InChI=1S/C10H20N4O2/c1-2-9(11)14-8-7-13-6-5-12-4-3-10(15)16/h2,12-13H,1,3-8H2,(H2,11,14)(H,15,16). The SMILES string of the molecule is C=CC(N)=NCCNCCNCCC(=O)O. The first-order chi connectivity index (χ1) is 7.66. The maximum Gasteiger partial charge on any atom is 0.304 e. The fourth-order valence-electron chi connectivity index (χ4n) is 0.951. The van der Waals surface area contributed by atoms with E-state index < -0.39 is 5.97 Å². The number of hydrogen-bond donors (Lipinski definition) is 4. The second-order valence-electron chi connectivity index (χ2n) is 3.15. The van der Waals surface area contributed by atoms with Crippen molar-refractivity contribution >= 4 is 11.8 Å². The average Bonchev–Trinajstić information content (AvgIpc) is 2.26. The molecule has 0 atom stereocenters. The van der Waals surface area contributed by atoms with Gasteiger partial charge in [0.1, 0.15) is 5.84 Å². The molecule has 0 aliphatic heterocycles. The molecule has 0 aromatic rings. The predicted octanol–water partition coefficient (Wildman–Crippen LogP) is -0.816. The number of carboxylic acid groups (broad SMARTS) is 1. The first-order valence-electron chi connectivity index (χ1n) is 5.22. The van der Waals surface area contributed by atoms with E-state index >= 15 is 0 Å². The van der Waals surface area contributed by atoms with Gasteiger partial charge in [0.05, 0.1) is 13.0 Å². The molecule has 0 bridgehead atoms. The van der Waals surface area contributed by atoms with Crippen LogP contribution in [0, 0.1) is 0 Å². The highest BCUT2D eigenvalue weighted by molar-refractivity contribution is 5.90. The highest BCUT2D eigenvalue weighted by atomic mass is 16.4. The average molecular weight is 228 g/mol. The fraction of sp³-hybridized carbons (Fsp3) is 0.600. The van der Waals surface area contributed by atoms with Crippen LogP contribution in [0.5, 0.6) is 0 Å². The molecule has 92 valence electrons. The van der Waals surface area contributed by atoms with Crippen LogP contribution in [-0.2, 0) is 4.79 Å². The van der Waals surface area contributed by atoms with E-state index in [1.807, 2.05) is 0 Å². The largest absolute Gasteiger partial charge is 0.481 e. The molecule has 0 unspecified atom stereocenters. The maximum absolute atomic E-state index is 10.2. The minimum absolute atomic E-state index is 0.153. The van der Waals surface area contributed by atoms with Crippen LogP contribution in [0.1, 0.15) is 6.42 Å². The molecule has 0 heterocycles. The van der Waals surface area contributed by atoms with Crippen LogP contribution in [0.2, 0.25) is 0 Å². The lowest BCUT2D eigenvalue weighted by atomic mass is 10.4. The maximum atomic E-state index is 10.2. The van der Waals surface area contributed by atoms with Crippen molar-refractivity contribution in [3.63, 3.8) is 0 Å². The van der Waals surface area contributed by atoms with Crippen LogP contribution in [0.15, 0.2) is 17.6 Å². The van der Waals surface area contributed by atoms with Crippen molar-refractivity contribution in [3.8, 4) is 0 Å². The number of aliphatic carboxylic acids is 1. The van der Waals surface area contributed by atoms with Gasteiger partial charge < -0.3 is 21.5 Å². The third-order valence-electron chi connectivity index (χ3n) is 1.79. The van der Waals surface area contributed by atoms with Crippen molar-refractivity contribution in [3.05, 3.63) is 12.7 Å². The third kappa shape index (κ3) is 10.7. The van der Waals surface area contributed by atoms with Crippen LogP contribution in [0.4, 0.5) is 0 Å². The molecule has 16 heavy (non-hydrogen) atoms. The smallest absolute Gasteiger partial charge is 0.304 e. The Balaban J connectivity index is 3.16. The van der Waals surface area contributed by atoms with Crippen molar-refractivity contribution in [1.82, 2.24) is 10.6 Å². The summed E-state index contributed by atoms with van der Waals surface area (Å²) >= 11 is 0. The molecule has 0 aromatic carbocycles. The Morgan fingerprint density at radius 1 is 1.31 bits per heavy atom. The molecule has 0 amide bonds. The van der Waals surface area contributed by atoms with E-state index in [-0.39, 0.29) is 6.42 Å². The Bertz CT molecular complexity index is 241. The number of nitrogens with one attached hydrogen (secondary N) is 2. The van der Waals surface area contributed by atoms with Crippen LogP contribution in [0.3, 0.4) is 0 Å². The predicted molar refractivity (Wildman–Crippen MR) is 64.7 cm³/mol. The molecule has 0 aliphatic carbocycles. The van der Waals surface area contributed by atoms with E-state index in [2.05, 4.69) is 22.2 Å². The summed E-state index contributed by atoms with van der Waals surface area (Å²) in [4.78, 5) is 14.2. The van der Waals surface area contributed by atoms with Gasteiger partial charge >= 0.3 is 5.97 Å². The van der Waals surface area contributed by atoms with E-state index in [1.54, 1.807) is 0 Å². The minimum Gasteiger partial charge on any atom is -0.481 e. The van der Waals surface area contributed by atoms with Crippen molar-refractivity contribution in [1.29, 1.82) is 0 Å². The fourth-order valence-corrected chi connectivity index (χ4v) is 0.951. The topological polar surface area (TPSA) is 99.7 Å². The molecule has 0 rings (SSSR count). The zero-order valence-corrected chi connectivity index (χ0v) is 9.41. The van der Waals surface area contributed by atoms with E-state index in [0.29, 0.717) is 18.9 Å². The second-order valence-corrected chi connectivity index (χ2v) is 3.15. The quantitative estimate of drug-likeness (QED) is 0.222. The summed E-state index contributed by atoms with van der Waals surface area (Å²) in [6.45, 7) is 6.88. The number of amidine groups is 1. The zero-order valence-electron chi connectivity index (χ0n) is 9.41. The van der Waals surface area contributed by atoms with Gasteiger partial charge in [-0.25, -0.2) is 0 Å². The molecule has 6 nitrogen and oxygen atoms in total. The van der Waals surface area contributed by atoms with Crippen molar-refractivity contribution in [2.24, 2.45) is 10.7 Å². The number of nitrogens with zero attached hydrogens (tertiary/aromatic N) is 1. The van der Waals surface area contributed by atoms with Gasteiger partial charge in [-0.3, -0.25) is 9.79 Å². The van der Waals surface area contributed by atoms with Gasteiger partial charge in [0.2, 0.25) is 0 Å². The Hall–Kier alpha value is -1.40. The van der Waals surface area contributed by atoms with Gasteiger partial charge in [0, 0.05) is 26.2 Å². The molecule has 0 saturated carbocycles. The highest BCUT2D eigenvalue weighted by Crippen LogP contribution is 1.74. The number of carbonyl (C=O) groups is 1. The van der Waals surface area contributed by atoms with E-state index in [4.69, 9.17) is 10.8 Å². The van der Waals surface area contributed by atoms with Crippen LogP contribution in [-0.4, -0.2) is 49.6 Å². The van der Waals surface area contributed by atoms with Gasteiger partial charge in [-0.05, 0) is 6.08 Å². The summed E-state index contributed by atoms with van der Waals surface area (Å²) in [6, 6.07) is 0. The molecule has 0 aliphatic rings.